The highest BCUT2D eigenvalue weighted by Gasteiger charge is 2.10. The van der Waals surface area contributed by atoms with Gasteiger partial charge in [0, 0.05) is 5.39 Å². The molecule has 0 aliphatic carbocycles. The number of nitrogens with one attached hydrogen (secondary N) is 1. The Morgan fingerprint density at radius 2 is 2.04 bits per heavy atom. The summed E-state index contributed by atoms with van der Waals surface area (Å²) in [6.07, 6.45) is 0. The summed E-state index contributed by atoms with van der Waals surface area (Å²) in [6, 6.07) is 14.8. The summed E-state index contributed by atoms with van der Waals surface area (Å²) >= 11 is 0. The number of carbonyl (C=O) groups excluding carboxylic acids is 1. The average molecular weight is 375 g/mol. The molecule has 142 valence electrons. The number of methoxy groups -OCH3 is 1. The molecule has 0 atom stereocenters. The number of nitrogens with zero attached hydrogens (tertiary/aromatic N) is 2. The van der Waals surface area contributed by atoms with Crippen molar-refractivity contribution >= 4 is 22.7 Å². The molecule has 0 spiro atoms. The van der Waals surface area contributed by atoms with Gasteiger partial charge in [0.05, 0.1) is 30.3 Å². The zero-order valence-electron chi connectivity index (χ0n) is 16.1. The van der Waals surface area contributed by atoms with E-state index in [1.54, 1.807) is 31.4 Å². The Hall–Kier alpha value is -3.59. The van der Waals surface area contributed by atoms with Gasteiger partial charge in [-0.3, -0.25) is 0 Å². The molecule has 0 fully saturated rings. The molecule has 3 rings (SSSR count). The molecule has 0 saturated carbocycles. The first-order chi connectivity index (χ1) is 13.5. The molecule has 0 aliphatic heterocycles. The van der Waals surface area contributed by atoms with E-state index < -0.39 is 5.97 Å². The lowest BCUT2D eigenvalue weighted by Crippen LogP contribution is -2.15. The van der Waals surface area contributed by atoms with Gasteiger partial charge in [-0.15, -0.1) is 0 Å². The molecule has 0 saturated heterocycles. The van der Waals surface area contributed by atoms with Gasteiger partial charge < -0.3 is 14.8 Å². The van der Waals surface area contributed by atoms with Crippen LogP contribution >= 0.6 is 0 Å². The van der Waals surface area contributed by atoms with Crippen LogP contribution in [0.15, 0.2) is 42.5 Å². The average Bonchev–Trinajstić information content (AvgIpc) is 2.70. The molecule has 1 aromatic heterocycles. The Balaban J connectivity index is 1.66. The van der Waals surface area contributed by atoms with E-state index in [4.69, 9.17) is 9.47 Å². The number of rotatable bonds is 6. The standard InChI is InChI=1S/C22H21N3O3/c1-14-9-15(2)19-12-17(13-23)21(25-20(19)10-14)24-7-8-28-22(26)16-5-4-6-18(11-16)27-3/h4-6,9-12H,7-8H2,1-3H3,(H,24,25). The first-order valence-electron chi connectivity index (χ1n) is 8.89. The van der Waals surface area contributed by atoms with Crippen molar-refractivity contribution in [1.82, 2.24) is 4.98 Å². The Morgan fingerprint density at radius 3 is 2.79 bits per heavy atom. The van der Waals surface area contributed by atoms with E-state index in [0.29, 0.717) is 29.2 Å². The fraction of sp³-hybridized carbons (Fsp3) is 0.227. The third-order valence-electron chi connectivity index (χ3n) is 4.34. The van der Waals surface area contributed by atoms with Crippen molar-refractivity contribution in [2.45, 2.75) is 13.8 Å². The van der Waals surface area contributed by atoms with Crippen molar-refractivity contribution in [1.29, 1.82) is 5.26 Å². The quantitative estimate of drug-likeness (QED) is 0.518. The van der Waals surface area contributed by atoms with Crippen molar-refractivity contribution in [3.8, 4) is 11.8 Å². The van der Waals surface area contributed by atoms with E-state index in [1.807, 2.05) is 26.0 Å². The van der Waals surface area contributed by atoms with Crippen molar-refractivity contribution in [2.75, 3.05) is 25.6 Å². The predicted molar refractivity (Wildman–Crippen MR) is 108 cm³/mol. The number of hydrogen-bond donors (Lipinski definition) is 1. The van der Waals surface area contributed by atoms with Crippen LogP contribution in [0.5, 0.6) is 5.75 Å². The highest BCUT2D eigenvalue weighted by atomic mass is 16.5. The Morgan fingerprint density at radius 1 is 1.21 bits per heavy atom. The van der Waals surface area contributed by atoms with E-state index in [2.05, 4.69) is 22.4 Å². The van der Waals surface area contributed by atoms with Crippen LogP contribution in [0.1, 0.15) is 27.0 Å². The maximum atomic E-state index is 12.1. The minimum absolute atomic E-state index is 0.146. The van der Waals surface area contributed by atoms with E-state index >= 15 is 0 Å². The van der Waals surface area contributed by atoms with E-state index in [-0.39, 0.29) is 6.61 Å². The highest BCUT2D eigenvalue weighted by Crippen LogP contribution is 2.24. The lowest BCUT2D eigenvalue weighted by atomic mass is 10.0. The number of ether oxygens (including phenoxy) is 2. The third kappa shape index (κ3) is 4.21. The number of aryl methyl sites for hydroxylation is 2. The van der Waals surface area contributed by atoms with Crippen LogP contribution in [0.2, 0.25) is 0 Å². The molecule has 0 bridgehead atoms. The largest absolute Gasteiger partial charge is 0.497 e. The van der Waals surface area contributed by atoms with Gasteiger partial charge in [-0.1, -0.05) is 12.1 Å². The molecule has 2 aromatic carbocycles. The molecule has 3 aromatic rings. The van der Waals surface area contributed by atoms with Crippen molar-refractivity contribution < 1.29 is 14.3 Å². The van der Waals surface area contributed by atoms with Crippen LogP contribution in [0, 0.1) is 25.2 Å². The number of aromatic nitrogens is 1. The van der Waals surface area contributed by atoms with Gasteiger partial charge >= 0.3 is 5.97 Å². The van der Waals surface area contributed by atoms with Crippen LogP contribution < -0.4 is 10.1 Å². The Bertz CT molecular complexity index is 1070. The number of anilines is 1. The summed E-state index contributed by atoms with van der Waals surface area (Å²) in [6.45, 7) is 4.50. The van der Waals surface area contributed by atoms with Crippen molar-refractivity contribution in [2.24, 2.45) is 0 Å². The third-order valence-corrected chi connectivity index (χ3v) is 4.34. The van der Waals surface area contributed by atoms with Crippen LogP contribution in [0.4, 0.5) is 5.82 Å². The predicted octanol–water partition coefficient (Wildman–Crippen LogP) is 4.00. The van der Waals surface area contributed by atoms with Crippen LogP contribution in [0.3, 0.4) is 0 Å². The molecule has 6 nitrogen and oxygen atoms in total. The number of fused-ring (bicyclic) bond motifs is 1. The topological polar surface area (TPSA) is 84.2 Å². The fourth-order valence-electron chi connectivity index (χ4n) is 3.00. The molecular weight excluding hydrogens is 354 g/mol. The van der Waals surface area contributed by atoms with Crippen LogP contribution in [-0.4, -0.2) is 31.2 Å². The second kappa shape index (κ2) is 8.40. The molecular formula is C22H21N3O3. The van der Waals surface area contributed by atoms with Gasteiger partial charge in [-0.2, -0.15) is 5.26 Å². The maximum absolute atomic E-state index is 12.1. The lowest BCUT2D eigenvalue weighted by Gasteiger charge is -2.11. The highest BCUT2D eigenvalue weighted by molar-refractivity contribution is 5.90. The number of esters is 1. The maximum Gasteiger partial charge on any atom is 0.338 e. The zero-order chi connectivity index (χ0) is 20.1. The van der Waals surface area contributed by atoms with Gasteiger partial charge in [0.1, 0.15) is 24.2 Å². The molecule has 0 unspecified atom stereocenters. The number of pyridine rings is 1. The van der Waals surface area contributed by atoms with E-state index in [0.717, 1.165) is 22.0 Å². The summed E-state index contributed by atoms with van der Waals surface area (Å²) in [4.78, 5) is 16.7. The van der Waals surface area contributed by atoms with Crippen LogP contribution in [0.25, 0.3) is 10.9 Å². The summed E-state index contributed by atoms with van der Waals surface area (Å²) < 4.78 is 10.4. The summed E-state index contributed by atoms with van der Waals surface area (Å²) in [5, 5.41) is 13.5. The molecule has 0 amide bonds. The Kier molecular flexibility index (Phi) is 5.75. The fourth-order valence-corrected chi connectivity index (χ4v) is 3.00. The van der Waals surface area contributed by atoms with Gasteiger partial charge in [-0.25, -0.2) is 9.78 Å². The number of carbonyl (C=O) groups is 1. The van der Waals surface area contributed by atoms with Crippen LogP contribution in [-0.2, 0) is 4.74 Å². The lowest BCUT2D eigenvalue weighted by molar-refractivity contribution is 0.0520. The first kappa shape index (κ1) is 19.2. The van der Waals surface area contributed by atoms with Crippen molar-refractivity contribution in [3.05, 3.63) is 64.7 Å². The van der Waals surface area contributed by atoms with Gasteiger partial charge in [-0.05, 0) is 55.3 Å². The minimum atomic E-state index is -0.432. The molecule has 0 radical (unpaired) electrons. The monoisotopic (exact) mass is 375 g/mol. The summed E-state index contributed by atoms with van der Waals surface area (Å²) in [5.74, 6) is 0.647. The molecule has 1 heterocycles. The first-order valence-corrected chi connectivity index (χ1v) is 8.89. The summed E-state index contributed by atoms with van der Waals surface area (Å²) in [7, 11) is 1.54. The molecule has 0 aliphatic rings. The number of hydrogen-bond acceptors (Lipinski definition) is 6. The normalized spacial score (nSPS) is 10.4. The summed E-state index contributed by atoms with van der Waals surface area (Å²) in [5.41, 5.74) is 3.90. The molecule has 6 heteroatoms. The SMILES string of the molecule is COc1cccc(C(=O)OCCNc2nc3cc(C)cc(C)c3cc2C#N)c1. The van der Waals surface area contributed by atoms with Gasteiger partial charge in [0.2, 0.25) is 0 Å². The minimum Gasteiger partial charge on any atom is -0.497 e. The Labute approximate surface area is 163 Å². The number of benzene rings is 2. The van der Waals surface area contributed by atoms with E-state index in [1.165, 1.54) is 0 Å². The van der Waals surface area contributed by atoms with Crippen molar-refractivity contribution in [3.63, 3.8) is 0 Å². The van der Waals surface area contributed by atoms with E-state index in [9.17, 15) is 10.1 Å². The van der Waals surface area contributed by atoms with Gasteiger partial charge in [0.15, 0.2) is 0 Å². The molecule has 28 heavy (non-hydrogen) atoms. The van der Waals surface area contributed by atoms with Gasteiger partial charge in [0.25, 0.3) is 0 Å². The number of nitriles is 1. The smallest absolute Gasteiger partial charge is 0.338 e. The second-order valence-corrected chi connectivity index (χ2v) is 6.44. The second-order valence-electron chi connectivity index (χ2n) is 6.44. The molecule has 1 N–H and O–H groups in total. The zero-order valence-corrected chi connectivity index (χ0v) is 16.1.